The molecule has 0 aromatic carbocycles. The highest BCUT2D eigenvalue weighted by Gasteiger charge is 2.30. The summed E-state index contributed by atoms with van der Waals surface area (Å²) in [6.45, 7) is 2.36. The number of hydrogen-bond acceptors (Lipinski definition) is 3. The lowest BCUT2D eigenvalue weighted by molar-refractivity contribution is -0.135. The van der Waals surface area contributed by atoms with Crippen LogP contribution >= 0.6 is 0 Å². The van der Waals surface area contributed by atoms with E-state index in [0.29, 0.717) is 6.61 Å². The zero-order valence-corrected chi connectivity index (χ0v) is 8.93. The van der Waals surface area contributed by atoms with Gasteiger partial charge in [0.1, 0.15) is 0 Å². The number of carbonyl (C=O) groups excluding carboxylic acids is 1. The average Bonchev–Trinajstić information content (AvgIpc) is 2.76. The van der Waals surface area contributed by atoms with Crippen molar-refractivity contribution in [2.75, 3.05) is 6.61 Å². The van der Waals surface area contributed by atoms with Crippen LogP contribution in [0.1, 0.15) is 12.6 Å². The molecule has 1 aliphatic heterocycles. The minimum atomic E-state index is -0.176. The predicted octanol–water partition coefficient (Wildman–Crippen LogP) is 1.08. The molecule has 0 N–H and O–H groups in total. The van der Waals surface area contributed by atoms with Crippen molar-refractivity contribution in [3.8, 4) is 0 Å². The molecule has 0 amide bonds. The molecule has 1 aromatic heterocycles. The quantitative estimate of drug-likeness (QED) is 0.537. The monoisotopic (exact) mass is 206 g/mol. The van der Waals surface area contributed by atoms with E-state index in [0.717, 1.165) is 17.7 Å². The van der Waals surface area contributed by atoms with Gasteiger partial charge in [-0.1, -0.05) is 6.08 Å². The molecule has 0 saturated carbocycles. The number of allylic oxidation sites excluding steroid dienone is 1. The van der Waals surface area contributed by atoms with Gasteiger partial charge in [-0.25, -0.2) is 9.78 Å². The maximum atomic E-state index is 11.3. The fraction of sp³-hybridized carbons (Fsp3) is 0.455. The molecule has 1 saturated heterocycles. The summed E-state index contributed by atoms with van der Waals surface area (Å²) >= 11 is 0. The third kappa shape index (κ3) is 1.79. The Morgan fingerprint density at radius 1 is 1.73 bits per heavy atom. The summed E-state index contributed by atoms with van der Waals surface area (Å²) in [4.78, 5) is 15.4. The van der Waals surface area contributed by atoms with Crippen molar-refractivity contribution in [2.45, 2.75) is 13.3 Å². The second-order valence-corrected chi connectivity index (χ2v) is 3.74. The van der Waals surface area contributed by atoms with E-state index >= 15 is 0 Å². The van der Waals surface area contributed by atoms with Gasteiger partial charge in [0.05, 0.1) is 12.9 Å². The van der Waals surface area contributed by atoms with Gasteiger partial charge in [0.2, 0.25) is 0 Å². The van der Waals surface area contributed by atoms with Crippen LogP contribution in [-0.4, -0.2) is 22.1 Å². The molecule has 1 fully saturated rings. The van der Waals surface area contributed by atoms with Crippen molar-refractivity contribution >= 4 is 5.97 Å². The van der Waals surface area contributed by atoms with Crippen LogP contribution in [0, 0.1) is 5.92 Å². The van der Waals surface area contributed by atoms with Crippen LogP contribution in [0.25, 0.3) is 0 Å². The minimum absolute atomic E-state index is 0.176. The highest BCUT2D eigenvalue weighted by molar-refractivity contribution is 5.90. The van der Waals surface area contributed by atoms with Gasteiger partial charge in [-0.15, -0.1) is 0 Å². The Labute approximate surface area is 88.6 Å². The number of esters is 1. The first-order chi connectivity index (χ1) is 7.22. The Morgan fingerprint density at radius 3 is 3.13 bits per heavy atom. The summed E-state index contributed by atoms with van der Waals surface area (Å²) in [5.74, 6) is 0.00238. The van der Waals surface area contributed by atoms with E-state index in [4.69, 9.17) is 4.74 Å². The van der Waals surface area contributed by atoms with E-state index in [1.165, 1.54) is 0 Å². The van der Waals surface area contributed by atoms with Crippen molar-refractivity contribution in [1.82, 2.24) is 9.55 Å². The maximum absolute atomic E-state index is 11.3. The first-order valence-electron chi connectivity index (χ1n) is 5.01. The van der Waals surface area contributed by atoms with Crippen LogP contribution in [-0.2, 0) is 23.0 Å². The standard InChI is InChI=1S/C11H14N2O2/c1-3-10-8(6-15-11(10)14)4-9-5-12-7-13(9)2/h3,5,7-8H,4,6H2,1-2H3/b10-3+/t8-/m0/s1. The molecule has 1 aliphatic rings. The summed E-state index contributed by atoms with van der Waals surface area (Å²) in [5, 5.41) is 0. The molecular weight excluding hydrogens is 192 g/mol. The summed E-state index contributed by atoms with van der Waals surface area (Å²) in [6, 6.07) is 0. The van der Waals surface area contributed by atoms with Gasteiger partial charge in [0, 0.05) is 30.4 Å². The fourth-order valence-electron chi connectivity index (χ4n) is 1.87. The number of nitrogens with zero attached hydrogens (tertiary/aromatic N) is 2. The Bertz CT molecular complexity index is 406. The number of ether oxygens (including phenoxy) is 1. The number of hydrogen-bond donors (Lipinski definition) is 0. The van der Waals surface area contributed by atoms with Crippen LogP contribution in [0.15, 0.2) is 24.2 Å². The van der Waals surface area contributed by atoms with Crippen molar-refractivity contribution in [3.05, 3.63) is 29.9 Å². The lowest BCUT2D eigenvalue weighted by Gasteiger charge is -2.07. The van der Waals surface area contributed by atoms with Crippen LogP contribution in [0.5, 0.6) is 0 Å². The van der Waals surface area contributed by atoms with Crippen molar-refractivity contribution in [3.63, 3.8) is 0 Å². The maximum Gasteiger partial charge on any atom is 0.334 e. The normalized spacial score (nSPS) is 23.5. The molecule has 1 aromatic rings. The molecule has 4 heteroatoms. The van der Waals surface area contributed by atoms with Gasteiger partial charge >= 0.3 is 5.97 Å². The zero-order chi connectivity index (χ0) is 10.8. The van der Waals surface area contributed by atoms with E-state index in [9.17, 15) is 4.79 Å². The number of rotatable bonds is 2. The predicted molar refractivity (Wildman–Crippen MR) is 55.1 cm³/mol. The van der Waals surface area contributed by atoms with Gasteiger partial charge in [0.15, 0.2) is 0 Å². The third-order valence-electron chi connectivity index (χ3n) is 2.77. The van der Waals surface area contributed by atoms with Crippen molar-refractivity contribution in [1.29, 1.82) is 0 Å². The molecule has 2 rings (SSSR count). The van der Waals surface area contributed by atoms with Gasteiger partial charge in [0.25, 0.3) is 0 Å². The summed E-state index contributed by atoms with van der Waals surface area (Å²) in [7, 11) is 1.95. The van der Waals surface area contributed by atoms with E-state index in [1.807, 2.05) is 30.8 Å². The molecular formula is C11H14N2O2. The summed E-state index contributed by atoms with van der Waals surface area (Å²) in [5.41, 5.74) is 1.91. The van der Waals surface area contributed by atoms with E-state index in [-0.39, 0.29) is 11.9 Å². The molecule has 80 valence electrons. The van der Waals surface area contributed by atoms with Crippen molar-refractivity contribution in [2.24, 2.45) is 13.0 Å². The number of carbonyl (C=O) groups is 1. The minimum Gasteiger partial charge on any atom is -0.462 e. The molecule has 0 aliphatic carbocycles. The molecule has 15 heavy (non-hydrogen) atoms. The molecule has 0 bridgehead atoms. The highest BCUT2D eigenvalue weighted by atomic mass is 16.5. The van der Waals surface area contributed by atoms with Crippen LogP contribution in [0.4, 0.5) is 0 Å². The fourth-order valence-corrected chi connectivity index (χ4v) is 1.87. The molecule has 0 spiro atoms. The van der Waals surface area contributed by atoms with Gasteiger partial charge < -0.3 is 9.30 Å². The molecule has 0 radical (unpaired) electrons. The molecule has 2 heterocycles. The number of imidazole rings is 1. The molecule has 0 unspecified atom stereocenters. The van der Waals surface area contributed by atoms with E-state index < -0.39 is 0 Å². The van der Waals surface area contributed by atoms with E-state index in [1.54, 1.807) is 6.33 Å². The molecule has 1 atom stereocenters. The smallest absolute Gasteiger partial charge is 0.334 e. The summed E-state index contributed by atoms with van der Waals surface area (Å²) < 4.78 is 6.99. The Kier molecular flexibility index (Phi) is 2.58. The first-order valence-corrected chi connectivity index (χ1v) is 5.01. The zero-order valence-electron chi connectivity index (χ0n) is 8.93. The first kappa shape index (κ1) is 9.96. The van der Waals surface area contributed by atoms with Crippen LogP contribution in [0.3, 0.4) is 0 Å². The molecule has 4 nitrogen and oxygen atoms in total. The van der Waals surface area contributed by atoms with Crippen molar-refractivity contribution < 1.29 is 9.53 Å². The lowest BCUT2D eigenvalue weighted by Crippen LogP contribution is -2.09. The largest absolute Gasteiger partial charge is 0.462 e. The lowest BCUT2D eigenvalue weighted by atomic mass is 9.97. The SMILES string of the molecule is C/C=C1/C(=O)OC[C@@H]1Cc1cncn1C. The Balaban J connectivity index is 2.14. The Hall–Kier alpha value is -1.58. The Morgan fingerprint density at radius 2 is 2.53 bits per heavy atom. The second-order valence-electron chi connectivity index (χ2n) is 3.74. The number of aryl methyl sites for hydroxylation is 1. The number of cyclic esters (lactones) is 1. The topological polar surface area (TPSA) is 44.1 Å². The average molecular weight is 206 g/mol. The van der Waals surface area contributed by atoms with Gasteiger partial charge in [-0.2, -0.15) is 0 Å². The third-order valence-corrected chi connectivity index (χ3v) is 2.77. The van der Waals surface area contributed by atoms with Gasteiger partial charge in [-0.05, 0) is 13.3 Å². The van der Waals surface area contributed by atoms with E-state index in [2.05, 4.69) is 4.98 Å². The second kappa shape index (κ2) is 3.88. The summed E-state index contributed by atoms with van der Waals surface area (Å²) in [6.07, 6.45) is 6.25. The highest BCUT2D eigenvalue weighted by Crippen LogP contribution is 2.24. The van der Waals surface area contributed by atoms with Crippen LogP contribution in [0.2, 0.25) is 0 Å². The van der Waals surface area contributed by atoms with Gasteiger partial charge in [-0.3, -0.25) is 0 Å². The number of aromatic nitrogens is 2. The van der Waals surface area contributed by atoms with Crippen LogP contribution < -0.4 is 0 Å².